The molecule has 2 aliphatic heterocycles. The number of aromatic nitrogens is 2. The van der Waals surface area contributed by atoms with Crippen molar-refractivity contribution in [1.29, 1.82) is 0 Å². The molecule has 2 N–H and O–H groups in total. The molecule has 1 aromatic carbocycles. The zero-order valence-electron chi connectivity index (χ0n) is 19.2. The number of anilines is 3. The number of fused-ring (bicyclic) bond motifs is 5. The maximum atomic E-state index is 13.3. The molecule has 10 heteroatoms. The summed E-state index contributed by atoms with van der Waals surface area (Å²) in [6.45, 7) is 8.99. The SMILES string of the molecule is CC(C)Nc1nc(Nc2ccc3c(c2)C2CCC3N2C(=O)OC(C)(C)C)ncc1C(F)(F)F. The number of hydrogen-bond donors (Lipinski definition) is 2. The molecule has 2 aromatic rings. The van der Waals surface area contributed by atoms with E-state index in [0.29, 0.717) is 5.69 Å². The van der Waals surface area contributed by atoms with Crippen LogP contribution in [0, 0.1) is 0 Å². The number of carbonyl (C=O) groups is 1. The van der Waals surface area contributed by atoms with E-state index in [2.05, 4.69) is 20.6 Å². The van der Waals surface area contributed by atoms with E-state index < -0.39 is 17.3 Å². The minimum absolute atomic E-state index is 0.0296. The quantitative estimate of drug-likeness (QED) is 0.563. The number of rotatable bonds is 4. The summed E-state index contributed by atoms with van der Waals surface area (Å²) in [4.78, 5) is 22.5. The Morgan fingerprint density at radius 1 is 1.15 bits per heavy atom. The Kier molecular flexibility index (Phi) is 5.66. The van der Waals surface area contributed by atoms with Crippen molar-refractivity contribution in [3.63, 3.8) is 0 Å². The predicted octanol–water partition coefficient (Wildman–Crippen LogP) is 6.19. The maximum Gasteiger partial charge on any atom is 0.421 e. The third-order valence-electron chi connectivity index (χ3n) is 5.57. The van der Waals surface area contributed by atoms with Crippen LogP contribution in [0.3, 0.4) is 0 Å². The molecule has 0 aliphatic carbocycles. The van der Waals surface area contributed by atoms with Gasteiger partial charge in [0.25, 0.3) is 0 Å². The van der Waals surface area contributed by atoms with Crippen molar-refractivity contribution in [1.82, 2.24) is 14.9 Å². The summed E-state index contributed by atoms with van der Waals surface area (Å²) in [5, 5.41) is 5.74. The van der Waals surface area contributed by atoms with Gasteiger partial charge in [-0.15, -0.1) is 0 Å². The van der Waals surface area contributed by atoms with Gasteiger partial charge in [0.1, 0.15) is 17.0 Å². The second-order valence-electron chi connectivity index (χ2n) is 9.72. The van der Waals surface area contributed by atoms with Crippen LogP contribution >= 0.6 is 0 Å². The van der Waals surface area contributed by atoms with Crippen LogP contribution in [0.5, 0.6) is 0 Å². The van der Waals surface area contributed by atoms with Crippen molar-refractivity contribution in [3.05, 3.63) is 41.1 Å². The first-order chi connectivity index (χ1) is 15.3. The van der Waals surface area contributed by atoms with Crippen LogP contribution in [-0.4, -0.2) is 32.6 Å². The third-order valence-corrected chi connectivity index (χ3v) is 5.57. The van der Waals surface area contributed by atoms with E-state index >= 15 is 0 Å². The molecule has 2 atom stereocenters. The van der Waals surface area contributed by atoms with Gasteiger partial charge in [0.2, 0.25) is 5.95 Å². The van der Waals surface area contributed by atoms with E-state index in [1.165, 1.54) is 0 Å². The standard InChI is InChI=1S/C23H28F3N5O2/c1-12(2)28-19-16(23(24,25)26)11-27-20(30-19)29-13-6-7-14-15(10-13)18-9-8-17(14)31(18)21(32)33-22(3,4)5/h6-7,10-12,17-18H,8-9H2,1-5H3,(H2,27,28,29,30). The molecule has 3 heterocycles. The highest BCUT2D eigenvalue weighted by atomic mass is 19.4. The third kappa shape index (κ3) is 4.69. The van der Waals surface area contributed by atoms with E-state index in [-0.39, 0.29) is 36.0 Å². The first kappa shape index (κ1) is 23.1. The van der Waals surface area contributed by atoms with Crippen molar-refractivity contribution in [2.75, 3.05) is 10.6 Å². The molecule has 0 spiro atoms. The highest BCUT2D eigenvalue weighted by molar-refractivity contribution is 5.73. The fraction of sp³-hybridized carbons (Fsp3) is 0.522. The number of ether oxygens (including phenoxy) is 1. The van der Waals surface area contributed by atoms with Gasteiger partial charge in [0, 0.05) is 17.9 Å². The smallest absolute Gasteiger partial charge is 0.421 e. The predicted molar refractivity (Wildman–Crippen MR) is 118 cm³/mol. The molecule has 33 heavy (non-hydrogen) atoms. The average Bonchev–Trinajstić information content (AvgIpc) is 3.22. The summed E-state index contributed by atoms with van der Waals surface area (Å²) in [6, 6.07) is 5.32. The van der Waals surface area contributed by atoms with Crippen LogP contribution in [0.1, 0.15) is 76.2 Å². The molecule has 1 fully saturated rings. The molecule has 178 valence electrons. The van der Waals surface area contributed by atoms with Gasteiger partial charge in [0.05, 0.1) is 12.1 Å². The molecule has 1 saturated heterocycles. The summed E-state index contributed by atoms with van der Waals surface area (Å²) >= 11 is 0. The van der Waals surface area contributed by atoms with Crippen LogP contribution in [-0.2, 0) is 10.9 Å². The van der Waals surface area contributed by atoms with Crippen molar-refractivity contribution in [2.45, 2.75) is 77.4 Å². The minimum atomic E-state index is -4.56. The van der Waals surface area contributed by atoms with Crippen LogP contribution in [0.4, 0.5) is 35.4 Å². The van der Waals surface area contributed by atoms with Gasteiger partial charge in [0.15, 0.2) is 0 Å². The molecule has 1 amide bonds. The summed E-state index contributed by atoms with van der Waals surface area (Å²) in [6.07, 6.45) is -2.42. The Morgan fingerprint density at radius 2 is 1.82 bits per heavy atom. The van der Waals surface area contributed by atoms with E-state index in [1.54, 1.807) is 18.7 Å². The highest BCUT2D eigenvalue weighted by Crippen LogP contribution is 2.54. The molecule has 7 nitrogen and oxygen atoms in total. The lowest BCUT2D eigenvalue weighted by molar-refractivity contribution is -0.137. The number of carbonyl (C=O) groups excluding carboxylic acids is 1. The van der Waals surface area contributed by atoms with Crippen molar-refractivity contribution in [2.24, 2.45) is 0 Å². The molecular weight excluding hydrogens is 435 g/mol. The number of nitrogens with zero attached hydrogens (tertiary/aromatic N) is 3. The molecule has 2 bridgehead atoms. The molecule has 0 saturated carbocycles. The van der Waals surface area contributed by atoms with Gasteiger partial charge in [-0.2, -0.15) is 18.2 Å². The largest absolute Gasteiger partial charge is 0.444 e. The number of hydrogen-bond acceptors (Lipinski definition) is 6. The van der Waals surface area contributed by atoms with E-state index in [0.717, 1.165) is 30.2 Å². The monoisotopic (exact) mass is 463 g/mol. The van der Waals surface area contributed by atoms with Crippen molar-refractivity contribution >= 4 is 23.5 Å². The van der Waals surface area contributed by atoms with Crippen LogP contribution in [0.15, 0.2) is 24.4 Å². The molecule has 2 unspecified atom stereocenters. The highest BCUT2D eigenvalue weighted by Gasteiger charge is 2.48. The summed E-state index contributed by atoms with van der Waals surface area (Å²) in [5.41, 5.74) is 1.22. The molecule has 4 rings (SSSR count). The van der Waals surface area contributed by atoms with E-state index in [4.69, 9.17) is 4.74 Å². The Morgan fingerprint density at radius 3 is 2.42 bits per heavy atom. The number of nitrogens with one attached hydrogen (secondary N) is 2. The average molecular weight is 464 g/mol. The normalized spacial score (nSPS) is 19.6. The van der Waals surface area contributed by atoms with Crippen molar-refractivity contribution in [3.8, 4) is 0 Å². The Hall–Kier alpha value is -3.04. The fourth-order valence-electron chi connectivity index (χ4n) is 4.40. The number of alkyl halides is 3. The first-order valence-electron chi connectivity index (χ1n) is 11.0. The first-order valence-corrected chi connectivity index (χ1v) is 11.0. The van der Waals surface area contributed by atoms with Crippen LogP contribution in [0.2, 0.25) is 0 Å². The molecule has 0 radical (unpaired) electrons. The van der Waals surface area contributed by atoms with Gasteiger partial charge >= 0.3 is 12.3 Å². The summed E-state index contributed by atoms with van der Waals surface area (Å²) in [5.74, 6) is -0.218. The van der Waals surface area contributed by atoms with E-state index in [1.807, 2.05) is 39.0 Å². The fourth-order valence-corrected chi connectivity index (χ4v) is 4.40. The summed E-state index contributed by atoms with van der Waals surface area (Å²) in [7, 11) is 0. The second-order valence-corrected chi connectivity index (χ2v) is 9.72. The van der Waals surface area contributed by atoms with Gasteiger partial charge in [-0.05, 0) is 70.7 Å². The number of amides is 1. The van der Waals surface area contributed by atoms with Crippen molar-refractivity contribution < 1.29 is 22.7 Å². The van der Waals surface area contributed by atoms with Gasteiger partial charge in [-0.3, -0.25) is 4.90 Å². The van der Waals surface area contributed by atoms with E-state index in [9.17, 15) is 18.0 Å². The molecule has 1 aromatic heterocycles. The molecule has 2 aliphatic rings. The lowest BCUT2D eigenvalue weighted by Gasteiger charge is -2.27. The zero-order chi connectivity index (χ0) is 24.1. The molecular formula is C23H28F3N5O2. The van der Waals surface area contributed by atoms with Gasteiger partial charge in [-0.1, -0.05) is 6.07 Å². The summed E-state index contributed by atoms with van der Waals surface area (Å²) < 4.78 is 45.5. The Balaban J connectivity index is 1.58. The number of benzene rings is 1. The maximum absolute atomic E-state index is 13.3. The van der Waals surface area contributed by atoms with Crippen LogP contribution in [0.25, 0.3) is 0 Å². The topological polar surface area (TPSA) is 79.4 Å². The lowest BCUT2D eigenvalue weighted by atomic mass is 9.91. The van der Waals surface area contributed by atoms with Crippen LogP contribution < -0.4 is 10.6 Å². The Bertz CT molecular complexity index is 1070. The zero-order valence-corrected chi connectivity index (χ0v) is 19.2. The lowest BCUT2D eigenvalue weighted by Crippen LogP contribution is -2.34. The number of halogens is 3. The minimum Gasteiger partial charge on any atom is -0.444 e. The Labute approximate surface area is 190 Å². The second kappa shape index (κ2) is 8.07. The van der Waals surface area contributed by atoms with Gasteiger partial charge < -0.3 is 15.4 Å². The van der Waals surface area contributed by atoms with Gasteiger partial charge in [-0.25, -0.2) is 9.78 Å².